The average molecular weight is 511 g/mol. The maximum atomic E-state index is 12.5. The molecule has 1 aliphatic heterocycles. The number of hydrogen-bond donors (Lipinski definition) is 2. The first kappa shape index (κ1) is 22.7. The third-order valence-electron chi connectivity index (χ3n) is 4.46. The van der Waals surface area contributed by atoms with E-state index < -0.39 is 0 Å². The van der Waals surface area contributed by atoms with Crippen LogP contribution in [0.3, 0.4) is 0 Å². The molecule has 2 N–H and O–H groups in total. The predicted molar refractivity (Wildman–Crippen MR) is 123 cm³/mol. The van der Waals surface area contributed by atoms with E-state index in [4.69, 9.17) is 0 Å². The van der Waals surface area contributed by atoms with E-state index in [1.165, 1.54) is 0 Å². The molecular weight excluding hydrogens is 485 g/mol. The molecule has 9 nitrogen and oxygen atoms in total. The first-order chi connectivity index (χ1) is 13.6. The van der Waals surface area contributed by atoms with Gasteiger partial charge in [-0.25, -0.2) is 0 Å². The number of aliphatic imine (C=N–C) groups is 1. The monoisotopic (exact) mass is 511 g/mol. The second-order valence-electron chi connectivity index (χ2n) is 6.44. The van der Waals surface area contributed by atoms with E-state index in [1.807, 2.05) is 36.3 Å². The molecule has 0 spiro atoms. The molecule has 2 amide bonds. The first-order valence-corrected chi connectivity index (χ1v) is 9.16. The molecule has 0 aliphatic carbocycles. The molecule has 0 radical (unpaired) electrons. The zero-order valence-electron chi connectivity index (χ0n) is 16.5. The number of rotatable bonds is 5. The summed E-state index contributed by atoms with van der Waals surface area (Å²) in [5, 5.41) is 10.2. The second kappa shape index (κ2) is 10.8. The number of hydrogen-bond acceptors (Lipinski definition) is 4. The smallest absolute Gasteiger partial charge is 0.251 e. The summed E-state index contributed by atoms with van der Waals surface area (Å²) in [4.78, 5) is 32.5. The van der Waals surface area contributed by atoms with Crippen molar-refractivity contribution < 1.29 is 9.59 Å². The topological polar surface area (TPSA) is 94.9 Å². The van der Waals surface area contributed by atoms with Crippen LogP contribution in [0.25, 0.3) is 0 Å². The van der Waals surface area contributed by atoms with Gasteiger partial charge in [0.1, 0.15) is 6.54 Å². The fourth-order valence-electron chi connectivity index (χ4n) is 3.05. The number of benzene rings is 1. The number of nitrogens with one attached hydrogen (secondary N) is 2. The number of amides is 2. The van der Waals surface area contributed by atoms with Crippen LogP contribution in [0, 0.1) is 0 Å². The Morgan fingerprint density at radius 1 is 1.17 bits per heavy atom. The molecule has 1 aromatic heterocycles. The molecule has 0 bridgehead atoms. The largest absolute Gasteiger partial charge is 0.354 e. The number of carbonyl (C=O) groups is 2. The van der Waals surface area contributed by atoms with Crippen molar-refractivity contribution in [1.29, 1.82) is 0 Å². The number of guanidine groups is 1. The van der Waals surface area contributed by atoms with Crippen LogP contribution in [0.1, 0.15) is 10.4 Å². The molecule has 1 aromatic carbocycles. The third kappa shape index (κ3) is 5.92. The summed E-state index contributed by atoms with van der Waals surface area (Å²) in [6, 6.07) is 9.08. The van der Waals surface area contributed by atoms with Crippen molar-refractivity contribution in [2.45, 2.75) is 0 Å². The maximum Gasteiger partial charge on any atom is 0.251 e. The maximum absolute atomic E-state index is 12.5. The van der Waals surface area contributed by atoms with Gasteiger partial charge in [-0.3, -0.25) is 19.3 Å². The molecule has 0 unspecified atom stereocenters. The van der Waals surface area contributed by atoms with Gasteiger partial charge in [0.05, 0.1) is 11.9 Å². The van der Waals surface area contributed by atoms with Gasteiger partial charge in [0.15, 0.2) is 5.96 Å². The lowest BCUT2D eigenvalue weighted by molar-refractivity contribution is -0.120. The molecule has 10 heteroatoms. The van der Waals surface area contributed by atoms with Crippen LogP contribution in [0.4, 0.5) is 5.69 Å². The number of aromatic nitrogens is 2. The summed E-state index contributed by atoms with van der Waals surface area (Å²) in [6.07, 6.45) is 3.52. The molecule has 0 atom stereocenters. The second-order valence-corrected chi connectivity index (χ2v) is 6.44. The van der Waals surface area contributed by atoms with Gasteiger partial charge in [-0.15, -0.1) is 24.0 Å². The Balaban J connectivity index is 0.00000300. The van der Waals surface area contributed by atoms with Crippen molar-refractivity contribution in [2.75, 3.05) is 44.7 Å². The quantitative estimate of drug-likeness (QED) is 0.267. The number of nitrogens with zero attached hydrogens (tertiary/aromatic N) is 5. The molecule has 1 saturated heterocycles. The van der Waals surface area contributed by atoms with Gasteiger partial charge in [-0.1, -0.05) is 18.2 Å². The van der Waals surface area contributed by atoms with Crippen LogP contribution in [0.2, 0.25) is 0 Å². The molecule has 1 aliphatic rings. The molecular formula is C19H26IN7O2. The van der Waals surface area contributed by atoms with Gasteiger partial charge in [-0.05, 0) is 12.1 Å². The molecule has 0 saturated carbocycles. The Bertz CT molecular complexity index is 853. The van der Waals surface area contributed by atoms with E-state index >= 15 is 0 Å². The highest BCUT2D eigenvalue weighted by Crippen LogP contribution is 2.15. The fourth-order valence-corrected chi connectivity index (χ4v) is 3.05. The number of halogens is 1. The van der Waals surface area contributed by atoms with Crippen molar-refractivity contribution in [1.82, 2.24) is 25.3 Å². The molecule has 2 aromatic rings. The Hall–Kier alpha value is -2.63. The molecule has 156 valence electrons. The van der Waals surface area contributed by atoms with E-state index in [0.717, 1.165) is 5.69 Å². The van der Waals surface area contributed by atoms with Gasteiger partial charge in [0.25, 0.3) is 5.91 Å². The fraction of sp³-hybridized carbons (Fsp3) is 0.368. The van der Waals surface area contributed by atoms with Crippen molar-refractivity contribution in [3.05, 3.63) is 48.3 Å². The SMILES string of the molecule is CN=C(NCCNC(=O)c1ccccc1)N1CCN(c2cnn(C)c2)C(=O)C1.I. The summed E-state index contributed by atoms with van der Waals surface area (Å²) in [5.41, 5.74) is 1.43. The molecule has 1 fully saturated rings. The Morgan fingerprint density at radius 2 is 1.90 bits per heavy atom. The number of aryl methyl sites for hydroxylation is 1. The third-order valence-corrected chi connectivity index (χ3v) is 4.46. The summed E-state index contributed by atoms with van der Waals surface area (Å²) < 4.78 is 1.68. The number of piperazine rings is 1. The Morgan fingerprint density at radius 3 is 2.52 bits per heavy atom. The molecule has 3 rings (SSSR count). The summed E-state index contributed by atoms with van der Waals surface area (Å²) in [7, 11) is 3.51. The van der Waals surface area contributed by atoms with E-state index in [-0.39, 0.29) is 42.3 Å². The molecule has 2 heterocycles. The van der Waals surface area contributed by atoms with E-state index in [9.17, 15) is 9.59 Å². The lowest BCUT2D eigenvalue weighted by Gasteiger charge is -2.35. The van der Waals surface area contributed by atoms with Crippen LogP contribution in [0.5, 0.6) is 0 Å². The minimum absolute atomic E-state index is 0. The van der Waals surface area contributed by atoms with Crippen molar-refractivity contribution in [3.63, 3.8) is 0 Å². The van der Waals surface area contributed by atoms with Gasteiger partial charge < -0.3 is 20.4 Å². The van der Waals surface area contributed by atoms with Crippen molar-refractivity contribution in [2.24, 2.45) is 12.0 Å². The van der Waals surface area contributed by atoms with Crippen LogP contribution < -0.4 is 15.5 Å². The Kier molecular flexibility index (Phi) is 8.43. The lowest BCUT2D eigenvalue weighted by Crippen LogP contribution is -2.55. The van der Waals surface area contributed by atoms with Crippen LogP contribution in [0.15, 0.2) is 47.7 Å². The molecule has 29 heavy (non-hydrogen) atoms. The summed E-state index contributed by atoms with van der Waals surface area (Å²) in [5.74, 6) is 0.533. The highest BCUT2D eigenvalue weighted by atomic mass is 127. The van der Waals surface area contributed by atoms with Crippen LogP contribution >= 0.6 is 24.0 Å². The highest BCUT2D eigenvalue weighted by Gasteiger charge is 2.27. The number of carbonyl (C=O) groups excluding carboxylic acids is 2. The highest BCUT2D eigenvalue weighted by molar-refractivity contribution is 14.0. The van der Waals surface area contributed by atoms with Gasteiger partial charge in [0.2, 0.25) is 5.91 Å². The summed E-state index contributed by atoms with van der Waals surface area (Å²) >= 11 is 0. The van der Waals surface area contributed by atoms with Crippen LogP contribution in [-0.2, 0) is 11.8 Å². The first-order valence-electron chi connectivity index (χ1n) is 9.16. The van der Waals surface area contributed by atoms with E-state index in [2.05, 4.69) is 20.7 Å². The zero-order chi connectivity index (χ0) is 19.9. The van der Waals surface area contributed by atoms with E-state index in [1.54, 1.807) is 35.0 Å². The van der Waals surface area contributed by atoms with Crippen molar-refractivity contribution >= 4 is 47.4 Å². The average Bonchev–Trinajstić information content (AvgIpc) is 3.14. The zero-order valence-corrected chi connectivity index (χ0v) is 18.9. The van der Waals surface area contributed by atoms with Crippen molar-refractivity contribution in [3.8, 4) is 0 Å². The van der Waals surface area contributed by atoms with Gasteiger partial charge in [-0.2, -0.15) is 5.10 Å². The van der Waals surface area contributed by atoms with Crippen LogP contribution in [-0.4, -0.2) is 72.2 Å². The van der Waals surface area contributed by atoms with Gasteiger partial charge >= 0.3 is 0 Å². The normalized spacial score (nSPS) is 14.4. The lowest BCUT2D eigenvalue weighted by atomic mass is 10.2. The van der Waals surface area contributed by atoms with E-state index in [0.29, 0.717) is 37.7 Å². The number of anilines is 1. The Labute approximate surface area is 187 Å². The minimum Gasteiger partial charge on any atom is -0.354 e. The minimum atomic E-state index is -0.113. The standard InChI is InChI=1S/C19H25N7O2.HI/c1-20-19(22-9-8-21-18(28)15-6-4-3-5-7-15)25-10-11-26(17(27)14-25)16-12-23-24(2)13-16;/h3-7,12-13H,8-11,14H2,1-2H3,(H,20,22)(H,21,28);1H. The van der Waals surface area contributed by atoms with Gasteiger partial charge in [0, 0.05) is 52.0 Å². The predicted octanol–water partition coefficient (Wildman–Crippen LogP) is 0.692. The summed E-state index contributed by atoms with van der Waals surface area (Å²) in [6.45, 7) is 2.44.